The second-order valence-corrected chi connectivity index (χ2v) is 5.01. The number of aryl methyl sites for hydroxylation is 1. The molecule has 1 rings (SSSR count). The maximum Gasteiger partial charge on any atom is 0.177 e. The smallest absolute Gasteiger partial charge is 0.177 e. The first-order valence-electron chi connectivity index (χ1n) is 6.59. The third-order valence-corrected chi connectivity index (χ3v) is 3.75. The third-order valence-electron chi connectivity index (χ3n) is 3.43. The van der Waals surface area contributed by atoms with Crippen molar-refractivity contribution in [2.75, 3.05) is 19.6 Å². The van der Waals surface area contributed by atoms with Crippen LogP contribution >= 0.6 is 12.2 Å². The molecule has 1 unspecified atom stereocenters. The van der Waals surface area contributed by atoms with Crippen LogP contribution in [0.2, 0.25) is 0 Å². The van der Waals surface area contributed by atoms with E-state index in [0.29, 0.717) is 6.04 Å². The fourth-order valence-corrected chi connectivity index (χ4v) is 2.68. The molecule has 1 heterocycles. The van der Waals surface area contributed by atoms with Crippen LogP contribution in [0.5, 0.6) is 0 Å². The highest BCUT2D eigenvalue weighted by Crippen LogP contribution is 2.16. The molecule has 0 aliphatic carbocycles. The Labute approximate surface area is 110 Å². The molecule has 0 bridgehead atoms. The molecule has 1 N–H and O–H groups in total. The summed E-state index contributed by atoms with van der Waals surface area (Å²) in [6.45, 7) is 12.3. The molecular formula is C13H25N3S. The van der Waals surface area contributed by atoms with Gasteiger partial charge in [-0.1, -0.05) is 13.8 Å². The van der Waals surface area contributed by atoms with Crippen LogP contribution in [0.15, 0.2) is 6.20 Å². The standard InChI is InChI=1S/C13H25N3S/c1-5-15(6-2)9-7-8-11(3)16-12(4)10-14-13(16)17/h10-11H,5-9H2,1-4H3,(H,14,17). The molecule has 0 saturated carbocycles. The zero-order chi connectivity index (χ0) is 12.8. The molecule has 0 spiro atoms. The van der Waals surface area contributed by atoms with E-state index in [1.54, 1.807) is 0 Å². The number of nitrogens with one attached hydrogen (secondary N) is 1. The van der Waals surface area contributed by atoms with Crippen LogP contribution < -0.4 is 0 Å². The average molecular weight is 255 g/mol. The first kappa shape index (κ1) is 14.5. The summed E-state index contributed by atoms with van der Waals surface area (Å²) >= 11 is 5.29. The van der Waals surface area contributed by atoms with E-state index in [4.69, 9.17) is 12.2 Å². The minimum absolute atomic E-state index is 0.490. The minimum Gasteiger partial charge on any atom is -0.337 e. The molecule has 4 heteroatoms. The molecule has 3 nitrogen and oxygen atoms in total. The van der Waals surface area contributed by atoms with Gasteiger partial charge in [-0.3, -0.25) is 0 Å². The molecule has 0 fully saturated rings. The van der Waals surface area contributed by atoms with Gasteiger partial charge in [-0.05, 0) is 58.5 Å². The van der Waals surface area contributed by atoms with Gasteiger partial charge in [-0.15, -0.1) is 0 Å². The van der Waals surface area contributed by atoms with E-state index in [0.717, 1.165) is 17.9 Å². The molecule has 0 aliphatic heterocycles. The molecule has 1 aromatic heterocycles. The highest BCUT2D eigenvalue weighted by molar-refractivity contribution is 7.71. The summed E-state index contributed by atoms with van der Waals surface area (Å²) in [5.74, 6) is 0. The zero-order valence-electron chi connectivity index (χ0n) is 11.5. The van der Waals surface area contributed by atoms with E-state index in [1.165, 1.54) is 25.1 Å². The zero-order valence-corrected chi connectivity index (χ0v) is 12.3. The van der Waals surface area contributed by atoms with Gasteiger partial charge in [-0.2, -0.15) is 0 Å². The first-order valence-corrected chi connectivity index (χ1v) is 6.99. The average Bonchev–Trinajstić information content (AvgIpc) is 2.64. The number of aromatic nitrogens is 2. The maximum atomic E-state index is 5.29. The van der Waals surface area contributed by atoms with Crippen molar-refractivity contribution in [3.63, 3.8) is 0 Å². The van der Waals surface area contributed by atoms with Crippen LogP contribution in [-0.2, 0) is 0 Å². The van der Waals surface area contributed by atoms with Gasteiger partial charge in [0.05, 0.1) is 0 Å². The molecule has 0 aliphatic rings. The van der Waals surface area contributed by atoms with E-state index in [2.05, 4.69) is 42.1 Å². The van der Waals surface area contributed by atoms with Crippen LogP contribution in [0.1, 0.15) is 45.3 Å². The molecule has 1 aromatic rings. The van der Waals surface area contributed by atoms with Crippen molar-refractivity contribution in [3.05, 3.63) is 16.7 Å². The van der Waals surface area contributed by atoms with Crippen LogP contribution in [0, 0.1) is 11.7 Å². The molecule has 0 saturated heterocycles. The lowest BCUT2D eigenvalue weighted by Gasteiger charge is -2.20. The van der Waals surface area contributed by atoms with Crippen molar-refractivity contribution in [1.82, 2.24) is 14.5 Å². The summed E-state index contributed by atoms with van der Waals surface area (Å²) in [7, 11) is 0. The lowest BCUT2D eigenvalue weighted by Crippen LogP contribution is -2.24. The predicted molar refractivity (Wildman–Crippen MR) is 76.1 cm³/mol. The number of hydrogen-bond donors (Lipinski definition) is 1. The lowest BCUT2D eigenvalue weighted by atomic mass is 10.1. The van der Waals surface area contributed by atoms with Crippen molar-refractivity contribution in [1.29, 1.82) is 0 Å². The molecular weight excluding hydrogens is 230 g/mol. The Morgan fingerprint density at radius 2 is 2.06 bits per heavy atom. The van der Waals surface area contributed by atoms with Gasteiger partial charge in [0.25, 0.3) is 0 Å². The van der Waals surface area contributed by atoms with Crippen molar-refractivity contribution in [3.8, 4) is 0 Å². The number of rotatable bonds is 7. The Kier molecular flexibility index (Phi) is 5.92. The third kappa shape index (κ3) is 3.96. The fourth-order valence-electron chi connectivity index (χ4n) is 2.29. The monoisotopic (exact) mass is 255 g/mol. The van der Waals surface area contributed by atoms with E-state index < -0.39 is 0 Å². The van der Waals surface area contributed by atoms with Crippen molar-refractivity contribution < 1.29 is 0 Å². The van der Waals surface area contributed by atoms with Gasteiger partial charge in [0.2, 0.25) is 0 Å². The number of aromatic amines is 1. The molecule has 0 aromatic carbocycles. The number of imidazole rings is 1. The van der Waals surface area contributed by atoms with Gasteiger partial charge in [0.1, 0.15) is 0 Å². The Morgan fingerprint density at radius 3 is 2.53 bits per heavy atom. The van der Waals surface area contributed by atoms with Crippen LogP contribution in [0.4, 0.5) is 0 Å². The Bertz CT molecular complexity index is 376. The van der Waals surface area contributed by atoms with Crippen LogP contribution in [-0.4, -0.2) is 34.1 Å². The number of nitrogens with zero attached hydrogens (tertiary/aromatic N) is 2. The Morgan fingerprint density at radius 1 is 1.41 bits per heavy atom. The normalized spacial score (nSPS) is 13.2. The topological polar surface area (TPSA) is 24.0 Å². The summed E-state index contributed by atoms with van der Waals surface area (Å²) in [6.07, 6.45) is 4.40. The Balaban J connectivity index is 2.45. The second kappa shape index (κ2) is 6.97. The molecule has 1 atom stereocenters. The molecule has 98 valence electrons. The summed E-state index contributed by atoms with van der Waals surface area (Å²) in [5.41, 5.74) is 1.23. The van der Waals surface area contributed by atoms with Gasteiger partial charge < -0.3 is 14.5 Å². The van der Waals surface area contributed by atoms with E-state index in [9.17, 15) is 0 Å². The molecule has 17 heavy (non-hydrogen) atoms. The van der Waals surface area contributed by atoms with Crippen molar-refractivity contribution in [2.24, 2.45) is 0 Å². The van der Waals surface area contributed by atoms with Gasteiger partial charge in [0.15, 0.2) is 4.77 Å². The van der Waals surface area contributed by atoms with E-state index in [-0.39, 0.29) is 0 Å². The summed E-state index contributed by atoms with van der Waals surface area (Å²) in [5, 5.41) is 0. The summed E-state index contributed by atoms with van der Waals surface area (Å²) in [4.78, 5) is 5.57. The van der Waals surface area contributed by atoms with Gasteiger partial charge >= 0.3 is 0 Å². The summed E-state index contributed by atoms with van der Waals surface area (Å²) in [6, 6.07) is 0.490. The number of H-pyrrole nitrogens is 1. The summed E-state index contributed by atoms with van der Waals surface area (Å²) < 4.78 is 3.07. The predicted octanol–water partition coefficient (Wildman–Crippen LogP) is 3.54. The SMILES string of the molecule is CCN(CC)CCCC(C)n1c(C)c[nH]c1=S. The maximum absolute atomic E-state index is 5.29. The fraction of sp³-hybridized carbons (Fsp3) is 0.769. The van der Waals surface area contributed by atoms with Crippen LogP contribution in [0.3, 0.4) is 0 Å². The highest BCUT2D eigenvalue weighted by Gasteiger charge is 2.09. The molecule has 0 amide bonds. The second-order valence-electron chi connectivity index (χ2n) is 4.62. The lowest BCUT2D eigenvalue weighted by molar-refractivity contribution is 0.287. The Hall–Kier alpha value is -0.610. The quantitative estimate of drug-likeness (QED) is 0.754. The van der Waals surface area contributed by atoms with Gasteiger partial charge in [-0.25, -0.2) is 0 Å². The molecule has 0 radical (unpaired) electrons. The van der Waals surface area contributed by atoms with Crippen molar-refractivity contribution in [2.45, 2.75) is 46.6 Å². The number of hydrogen-bond acceptors (Lipinski definition) is 2. The first-order chi connectivity index (χ1) is 8.10. The highest BCUT2D eigenvalue weighted by atomic mass is 32.1. The van der Waals surface area contributed by atoms with E-state index >= 15 is 0 Å². The van der Waals surface area contributed by atoms with E-state index in [1.807, 2.05) is 6.20 Å². The minimum atomic E-state index is 0.490. The largest absolute Gasteiger partial charge is 0.337 e. The van der Waals surface area contributed by atoms with Gasteiger partial charge in [0, 0.05) is 17.9 Å². The van der Waals surface area contributed by atoms with Crippen LogP contribution in [0.25, 0.3) is 0 Å². The van der Waals surface area contributed by atoms with Crippen molar-refractivity contribution >= 4 is 12.2 Å².